The molecule has 0 atom stereocenters. The molecule has 98 valence electrons. The van der Waals surface area contributed by atoms with Crippen LogP contribution in [0.2, 0.25) is 5.02 Å². The Hall–Kier alpha value is -1.46. The molecule has 1 N–H and O–H groups in total. The fraction of sp³-hybridized carbons (Fsp3) is 0.231. The van der Waals surface area contributed by atoms with Gasteiger partial charge in [0.25, 0.3) is 0 Å². The van der Waals surface area contributed by atoms with Crippen LogP contribution in [-0.4, -0.2) is 16.1 Å². The van der Waals surface area contributed by atoms with Crippen molar-refractivity contribution in [2.75, 3.05) is 0 Å². The van der Waals surface area contributed by atoms with Crippen LogP contribution in [0.15, 0.2) is 18.2 Å². The van der Waals surface area contributed by atoms with Crippen molar-refractivity contribution in [3.8, 4) is 10.6 Å². The first-order chi connectivity index (χ1) is 9.08. The van der Waals surface area contributed by atoms with Crippen LogP contribution in [-0.2, 0) is 0 Å². The molecular weight excluding hydrogens is 289 g/mol. The van der Waals surface area contributed by atoms with Crippen molar-refractivity contribution in [2.24, 2.45) is 0 Å². The van der Waals surface area contributed by atoms with Crippen molar-refractivity contribution in [1.29, 1.82) is 0 Å². The minimum absolute atomic E-state index is 0.0116. The number of carbonyl (C=O) groups is 1. The van der Waals surface area contributed by atoms with Crippen LogP contribution in [0.1, 0.15) is 34.1 Å². The molecule has 1 heterocycles. The maximum Gasteiger partial charge on any atom is 0.347 e. The lowest BCUT2D eigenvalue weighted by molar-refractivity contribution is 0.0700. The molecule has 1 aromatic carbocycles. The summed E-state index contributed by atoms with van der Waals surface area (Å²) in [4.78, 5) is 15.7. The van der Waals surface area contributed by atoms with Crippen molar-refractivity contribution in [3.05, 3.63) is 39.6 Å². The second kappa shape index (κ2) is 4.58. The van der Waals surface area contributed by atoms with E-state index >= 15 is 0 Å². The molecule has 0 bridgehead atoms. The second-order valence-electron chi connectivity index (χ2n) is 4.41. The quantitative estimate of drug-likeness (QED) is 0.924. The first kappa shape index (κ1) is 12.6. The van der Waals surface area contributed by atoms with Gasteiger partial charge in [0.05, 0.1) is 10.7 Å². The van der Waals surface area contributed by atoms with Gasteiger partial charge in [0.2, 0.25) is 0 Å². The number of aromatic nitrogens is 1. The third-order valence-electron chi connectivity index (χ3n) is 2.99. The highest BCUT2D eigenvalue weighted by Crippen LogP contribution is 2.44. The molecule has 1 fully saturated rings. The maximum atomic E-state index is 13.9. The van der Waals surface area contributed by atoms with Gasteiger partial charge in [0.15, 0.2) is 5.82 Å². The maximum absolute atomic E-state index is 13.9. The first-order valence-corrected chi connectivity index (χ1v) is 6.95. The highest BCUT2D eigenvalue weighted by molar-refractivity contribution is 7.17. The van der Waals surface area contributed by atoms with Crippen LogP contribution in [0, 0.1) is 5.82 Å². The molecule has 0 aliphatic heterocycles. The van der Waals surface area contributed by atoms with E-state index in [9.17, 15) is 14.3 Å². The summed E-state index contributed by atoms with van der Waals surface area (Å²) in [6.07, 6.45) is 1.89. The summed E-state index contributed by atoms with van der Waals surface area (Å²) in [6, 6.07) is 4.63. The molecule has 0 radical (unpaired) electrons. The Balaban J connectivity index is 2.13. The zero-order valence-corrected chi connectivity index (χ0v) is 11.3. The number of carboxylic acid groups (broad SMARTS) is 1. The number of benzene rings is 1. The number of rotatable bonds is 3. The second-order valence-corrected chi connectivity index (χ2v) is 5.82. The molecule has 3 rings (SSSR count). The Bertz CT molecular complexity index is 667. The molecule has 1 saturated carbocycles. The average molecular weight is 298 g/mol. The van der Waals surface area contributed by atoms with Gasteiger partial charge in [-0.25, -0.2) is 14.2 Å². The summed E-state index contributed by atoms with van der Waals surface area (Å²) >= 11 is 6.74. The van der Waals surface area contributed by atoms with E-state index in [4.69, 9.17) is 11.6 Å². The van der Waals surface area contributed by atoms with E-state index in [2.05, 4.69) is 4.98 Å². The third-order valence-corrected chi connectivity index (χ3v) is 4.38. The zero-order chi connectivity index (χ0) is 13.6. The van der Waals surface area contributed by atoms with Crippen molar-refractivity contribution >= 4 is 28.9 Å². The molecule has 1 aliphatic carbocycles. The van der Waals surface area contributed by atoms with E-state index in [0.29, 0.717) is 10.7 Å². The van der Waals surface area contributed by atoms with Crippen LogP contribution >= 0.6 is 22.9 Å². The Morgan fingerprint density at radius 2 is 2.21 bits per heavy atom. The van der Waals surface area contributed by atoms with Gasteiger partial charge in [-0.15, -0.1) is 11.3 Å². The molecule has 19 heavy (non-hydrogen) atoms. The van der Waals surface area contributed by atoms with Gasteiger partial charge in [-0.05, 0) is 25.0 Å². The van der Waals surface area contributed by atoms with Crippen molar-refractivity contribution in [3.63, 3.8) is 0 Å². The SMILES string of the molecule is O=C(O)c1sc(-c2cccc(Cl)c2F)nc1C1CC1. The molecular formula is C13H9ClFNO2S. The van der Waals surface area contributed by atoms with Gasteiger partial charge < -0.3 is 5.11 Å². The number of hydrogen-bond acceptors (Lipinski definition) is 3. The molecule has 2 aromatic rings. The molecule has 1 aliphatic rings. The smallest absolute Gasteiger partial charge is 0.347 e. The monoisotopic (exact) mass is 297 g/mol. The van der Waals surface area contributed by atoms with Crippen molar-refractivity contribution in [1.82, 2.24) is 4.98 Å². The van der Waals surface area contributed by atoms with E-state index in [1.807, 2.05) is 0 Å². The summed E-state index contributed by atoms with van der Waals surface area (Å²) in [5.74, 6) is -1.36. The van der Waals surface area contributed by atoms with Gasteiger partial charge in [-0.1, -0.05) is 17.7 Å². The highest BCUT2D eigenvalue weighted by atomic mass is 35.5. The first-order valence-electron chi connectivity index (χ1n) is 5.76. The van der Waals surface area contributed by atoms with Crippen LogP contribution < -0.4 is 0 Å². The van der Waals surface area contributed by atoms with Crippen LogP contribution in [0.4, 0.5) is 4.39 Å². The highest BCUT2D eigenvalue weighted by Gasteiger charge is 2.32. The van der Waals surface area contributed by atoms with E-state index in [1.54, 1.807) is 12.1 Å². The minimum Gasteiger partial charge on any atom is -0.477 e. The lowest BCUT2D eigenvalue weighted by atomic mass is 10.2. The zero-order valence-electron chi connectivity index (χ0n) is 9.69. The summed E-state index contributed by atoms with van der Waals surface area (Å²) in [5, 5.41) is 9.56. The molecule has 0 unspecified atom stereocenters. The van der Waals surface area contributed by atoms with Gasteiger partial charge in [-0.2, -0.15) is 0 Å². The van der Waals surface area contributed by atoms with Crippen LogP contribution in [0.3, 0.4) is 0 Å². The third kappa shape index (κ3) is 2.24. The number of carboxylic acids is 1. The van der Waals surface area contributed by atoms with Crippen LogP contribution in [0.5, 0.6) is 0 Å². The van der Waals surface area contributed by atoms with Crippen LogP contribution in [0.25, 0.3) is 10.6 Å². The number of hydrogen-bond donors (Lipinski definition) is 1. The number of nitrogens with zero attached hydrogens (tertiary/aromatic N) is 1. The Morgan fingerprint density at radius 3 is 2.84 bits per heavy atom. The van der Waals surface area contributed by atoms with E-state index in [-0.39, 0.29) is 21.4 Å². The Morgan fingerprint density at radius 1 is 1.47 bits per heavy atom. The minimum atomic E-state index is -1.01. The molecule has 1 aromatic heterocycles. The predicted molar refractivity (Wildman–Crippen MR) is 71.5 cm³/mol. The number of halogens is 2. The molecule has 0 amide bonds. The molecule has 3 nitrogen and oxygen atoms in total. The molecule has 0 spiro atoms. The Kier molecular flexibility index (Phi) is 3.03. The van der Waals surface area contributed by atoms with Gasteiger partial charge >= 0.3 is 5.97 Å². The number of thiazole rings is 1. The lowest BCUT2D eigenvalue weighted by Crippen LogP contribution is -1.97. The van der Waals surface area contributed by atoms with Gasteiger partial charge in [0, 0.05) is 11.5 Å². The summed E-state index contributed by atoms with van der Waals surface area (Å²) in [7, 11) is 0. The molecule has 6 heteroatoms. The summed E-state index contributed by atoms with van der Waals surface area (Å²) < 4.78 is 13.9. The Labute approximate surface area is 117 Å². The average Bonchev–Trinajstić information content (AvgIpc) is 3.12. The fourth-order valence-corrected chi connectivity index (χ4v) is 3.09. The largest absolute Gasteiger partial charge is 0.477 e. The normalized spacial score (nSPS) is 14.6. The van der Waals surface area contributed by atoms with Crippen molar-refractivity contribution in [2.45, 2.75) is 18.8 Å². The van der Waals surface area contributed by atoms with Gasteiger partial charge in [0.1, 0.15) is 9.88 Å². The van der Waals surface area contributed by atoms with E-state index in [1.165, 1.54) is 6.07 Å². The summed E-state index contributed by atoms with van der Waals surface area (Å²) in [6.45, 7) is 0. The summed E-state index contributed by atoms with van der Waals surface area (Å²) in [5.41, 5.74) is 0.832. The van der Waals surface area contributed by atoms with Gasteiger partial charge in [-0.3, -0.25) is 0 Å². The molecule has 0 saturated heterocycles. The number of aromatic carboxylic acids is 1. The van der Waals surface area contributed by atoms with E-state index in [0.717, 1.165) is 24.2 Å². The predicted octanol–water partition coefficient (Wildman–Crippen LogP) is 4.18. The topological polar surface area (TPSA) is 50.2 Å². The van der Waals surface area contributed by atoms with E-state index < -0.39 is 11.8 Å². The fourth-order valence-electron chi connectivity index (χ4n) is 1.90. The van der Waals surface area contributed by atoms with Crippen molar-refractivity contribution < 1.29 is 14.3 Å². The lowest BCUT2D eigenvalue weighted by Gasteiger charge is -1.99. The standard InChI is InChI=1S/C13H9ClFNO2S/c14-8-3-1-2-7(9(8)15)12-16-10(6-4-5-6)11(19-12)13(17)18/h1-3,6H,4-5H2,(H,17,18).